The smallest absolute Gasteiger partial charge is 0.266 e. The van der Waals surface area contributed by atoms with E-state index in [1.165, 1.54) is 6.92 Å². The number of hydrogen-bond donors (Lipinski definition) is 1. The number of rotatable bonds is 5. The van der Waals surface area contributed by atoms with E-state index in [0.29, 0.717) is 34.5 Å². The van der Waals surface area contributed by atoms with E-state index in [4.69, 9.17) is 10.2 Å². The highest BCUT2D eigenvalue weighted by atomic mass is 16.1. The molecule has 156 valence electrons. The third-order valence-electron chi connectivity index (χ3n) is 4.98. The van der Waals surface area contributed by atoms with Gasteiger partial charge in [-0.25, -0.2) is 4.98 Å². The summed E-state index contributed by atoms with van der Waals surface area (Å²) in [4.78, 5) is 29.4. The zero-order chi connectivity index (χ0) is 22.5. The maximum Gasteiger partial charge on any atom is 0.266 e. The lowest BCUT2D eigenvalue weighted by Crippen LogP contribution is -2.23. The molecule has 3 aromatic carbocycles. The first-order chi connectivity index (χ1) is 15.5. The Morgan fingerprint density at radius 2 is 1.84 bits per heavy atom. The molecule has 4 rings (SSSR count). The van der Waals surface area contributed by atoms with Gasteiger partial charge in [0.1, 0.15) is 5.82 Å². The molecule has 1 amide bonds. The van der Waals surface area contributed by atoms with Crippen LogP contribution in [0.4, 0.5) is 0 Å². The minimum absolute atomic E-state index is 0.119. The highest BCUT2D eigenvalue weighted by Crippen LogP contribution is 2.17. The molecule has 0 aliphatic rings. The predicted octanol–water partition coefficient (Wildman–Crippen LogP) is 4.06. The molecule has 0 fully saturated rings. The van der Waals surface area contributed by atoms with Crippen LogP contribution in [0.1, 0.15) is 29.4 Å². The van der Waals surface area contributed by atoms with Gasteiger partial charge >= 0.3 is 0 Å². The van der Waals surface area contributed by atoms with Crippen LogP contribution in [-0.2, 0) is 11.3 Å². The molecule has 32 heavy (non-hydrogen) atoms. The molecule has 0 aliphatic carbocycles. The first-order valence-electron chi connectivity index (χ1n) is 10.1. The van der Waals surface area contributed by atoms with Crippen molar-refractivity contribution in [3.8, 4) is 11.8 Å². The number of amides is 1. The van der Waals surface area contributed by atoms with Crippen molar-refractivity contribution in [3.05, 3.63) is 106 Å². The van der Waals surface area contributed by atoms with Crippen molar-refractivity contribution in [1.82, 2.24) is 14.9 Å². The van der Waals surface area contributed by atoms with Gasteiger partial charge in [0.05, 0.1) is 28.2 Å². The van der Waals surface area contributed by atoms with E-state index < -0.39 is 0 Å². The molecule has 0 bridgehead atoms. The van der Waals surface area contributed by atoms with Crippen LogP contribution in [0.15, 0.2) is 77.6 Å². The van der Waals surface area contributed by atoms with Crippen molar-refractivity contribution in [2.75, 3.05) is 0 Å². The Hall–Kier alpha value is -4.50. The monoisotopic (exact) mass is 420 g/mol. The van der Waals surface area contributed by atoms with Gasteiger partial charge in [0.25, 0.3) is 5.56 Å². The number of para-hydroxylation sites is 1. The van der Waals surface area contributed by atoms with Crippen molar-refractivity contribution in [2.45, 2.75) is 13.5 Å². The van der Waals surface area contributed by atoms with Gasteiger partial charge in [-0.05, 0) is 53.6 Å². The number of nitriles is 1. The predicted molar refractivity (Wildman–Crippen MR) is 125 cm³/mol. The summed E-state index contributed by atoms with van der Waals surface area (Å²) in [5.41, 5.74) is 3.45. The molecule has 0 atom stereocenters. The van der Waals surface area contributed by atoms with Gasteiger partial charge in [0, 0.05) is 13.5 Å². The highest BCUT2D eigenvalue weighted by Gasteiger charge is 2.11. The maximum absolute atomic E-state index is 13.4. The third kappa shape index (κ3) is 4.47. The Kier molecular flexibility index (Phi) is 5.91. The van der Waals surface area contributed by atoms with E-state index in [1.807, 2.05) is 60.7 Å². The molecule has 0 spiro atoms. The Bertz CT molecular complexity index is 1430. The van der Waals surface area contributed by atoms with Gasteiger partial charge in [0.2, 0.25) is 5.91 Å². The third-order valence-corrected chi connectivity index (χ3v) is 4.98. The summed E-state index contributed by atoms with van der Waals surface area (Å²) >= 11 is 0. The number of hydrogen-bond acceptors (Lipinski definition) is 4. The molecule has 6 heteroatoms. The van der Waals surface area contributed by atoms with Crippen LogP contribution in [0.5, 0.6) is 0 Å². The lowest BCUT2D eigenvalue weighted by atomic mass is 10.1. The van der Waals surface area contributed by atoms with Crippen LogP contribution in [0, 0.1) is 11.3 Å². The van der Waals surface area contributed by atoms with E-state index in [-0.39, 0.29) is 11.5 Å². The molecule has 0 unspecified atom stereocenters. The van der Waals surface area contributed by atoms with Gasteiger partial charge < -0.3 is 5.32 Å². The van der Waals surface area contributed by atoms with Crippen LogP contribution >= 0.6 is 0 Å². The van der Waals surface area contributed by atoms with E-state index in [2.05, 4.69) is 11.4 Å². The second kappa shape index (κ2) is 9.11. The van der Waals surface area contributed by atoms with Crippen LogP contribution in [0.3, 0.4) is 0 Å². The Morgan fingerprint density at radius 1 is 1.06 bits per heavy atom. The second-order valence-corrected chi connectivity index (χ2v) is 7.27. The van der Waals surface area contributed by atoms with Crippen molar-refractivity contribution in [3.63, 3.8) is 0 Å². The second-order valence-electron chi connectivity index (χ2n) is 7.27. The fraction of sp³-hybridized carbons (Fsp3) is 0.0769. The topological polar surface area (TPSA) is 87.8 Å². The van der Waals surface area contributed by atoms with Crippen LogP contribution in [0.25, 0.3) is 28.7 Å². The molecule has 0 saturated heterocycles. The minimum atomic E-state index is -0.174. The van der Waals surface area contributed by atoms with Gasteiger partial charge in [-0.15, -0.1) is 0 Å². The fourth-order valence-electron chi connectivity index (χ4n) is 3.38. The van der Waals surface area contributed by atoms with Crippen LogP contribution < -0.4 is 10.9 Å². The summed E-state index contributed by atoms with van der Waals surface area (Å²) in [6.45, 7) is 1.84. The summed E-state index contributed by atoms with van der Waals surface area (Å²) in [5.74, 6) is 0.362. The van der Waals surface area contributed by atoms with E-state index >= 15 is 0 Å². The molecular formula is C26H20N4O2. The lowest BCUT2D eigenvalue weighted by Gasteiger charge is -2.13. The molecule has 1 aromatic heterocycles. The molecule has 0 saturated carbocycles. The number of benzene rings is 3. The van der Waals surface area contributed by atoms with Crippen molar-refractivity contribution >= 4 is 29.0 Å². The average molecular weight is 420 g/mol. The van der Waals surface area contributed by atoms with Gasteiger partial charge in [0.15, 0.2) is 0 Å². The first kappa shape index (κ1) is 20.8. The van der Waals surface area contributed by atoms with Crippen molar-refractivity contribution < 1.29 is 4.79 Å². The normalized spacial score (nSPS) is 10.9. The molecule has 1 heterocycles. The molecule has 0 radical (unpaired) electrons. The first-order valence-corrected chi connectivity index (χ1v) is 10.1. The van der Waals surface area contributed by atoms with Gasteiger partial charge in [-0.1, -0.05) is 42.5 Å². The van der Waals surface area contributed by atoms with Crippen molar-refractivity contribution in [2.24, 2.45) is 0 Å². The summed E-state index contributed by atoms with van der Waals surface area (Å²) < 4.78 is 1.57. The quantitative estimate of drug-likeness (QED) is 0.527. The summed E-state index contributed by atoms with van der Waals surface area (Å²) in [6, 6.07) is 24.0. The molecular weight excluding hydrogens is 400 g/mol. The molecule has 6 nitrogen and oxygen atoms in total. The van der Waals surface area contributed by atoms with E-state index in [1.54, 1.807) is 28.8 Å². The SMILES string of the molecule is CC(=O)NCc1cccc(-n2c(C=Cc3ccc(C#N)cc3)nc3ccccc3c2=O)c1. The zero-order valence-electron chi connectivity index (χ0n) is 17.4. The number of nitrogens with one attached hydrogen (secondary N) is 1. The Labute approximate surface area is 185 Å². The Morgan fingerprint density at radius 3 is 2.59 bits per heavy atom. The standard InChI is InChI=1S/C26H20N4O2/c1-18(31)28-17-21-5-4-6-22(15-21)30-25(14-13-19-9-11-20(16-27)12-10-19)29-24-8-3-2-7-23(24)26(30)32/h2-15H,17H2,1H3,(H,28,31). The molecule has 1 N–H and O–H groups in total. The number of nitrogens with zero attached hydrogens (tertiary/aromatic N) is 3. The van der Waals surface area contributed by atoms with E-state index in [9.17, 15) is 9.59 Å². The highest BCUT2D eigenvalue weighted by molar-refractivity contribution is 5.80. The summed E-state index contributed by atoms with van der Waals surface area (Å²) in [5, 5.41) is 12.3. The average Bonchev–Trinajstić information content (AvgIpc) is 2.82. The number of carbonyl (C=O) groups is 1. The number of fused-ring (bicyclic) bond motifs is 1. The van der Waals surface area contributed by atoms with E-state index in [0.717, 1.165) is 11.1 Å². The minimum Gasteiger partial charge on any atom is -0.352 e. The largest absolute Gasteiger partial charge is 0.352 e. The zero-order valence-corrected chi connectivity index (χ0v) is 17.4. The summed E-state index contributed by atoms with van der Waals surface area (Å²) in [6.07, 6.45) is 3.64. The van der Waals surface area contributed by atoms with Crippen LogP contribution in [0.2, 0.25) is 0 Å². The number of aromatic nitrogens is 2. The van der Waals surface area contributed by atoms with Gasteiger partial charge in [-0.3, -0.25) is 14.2 Å². The Balaban J connectivity index is 1.83. The fourth-order valence-corrected chi connectivity index (χ4v) is 3.38. The van der Waals surface area contributed by atoms with Crippen LogP contribution in [-0.4, -0.2) is 15.5 Å². The van der Waals surface area contributed by atoms with Crippen molar-refractivity contribution in [1.29, 1.82) is 5.26 Å². The summed E-state index contributed by atoms with van der Waals surface area (Å²) in [7, 11) is 0. The molecule has 4 aromatic rings. The maximum atomic E-state index is 13.4. The molecule has 0 aliphatic heterocycles. The lowest BCUT2D eigenvalue weighted by molar-refractivity contribution is -0.119. The number of carbonyl (C=O) groups excluding carboxylic acids is 1. The van der Waals surface area contributed by atoms with Gasteiger partial charge in [-0.2, -0.15) is 5.26 Å².